The zero-order chi connectivity index (χ0) is 24.7. The Balaban J connectivity index is 2.31. The van der Waals surface area contributed by atoms with Crippen LogP contribution in [0, 0.1) is 11.8 Å². The second kappa shape index (κ2) is 11.9. The van der Waals surface area contributed by atoms with E-state index in [1.807, 2.05) is 27.7 Å². The molecule has 0 spiro atoms. The van der Waals surface area contributed by atoms with Gasteiger partial charge in [-0.25, -0.2) is 0 Å². The molecule has 184 valence electrons. The largest absolute Gasteiger partial charge is 0.433 e. The summed E-state index contributed by atoms with van der Waals surface area (Å²) in [5.74, 6) is -1.82. The first-order valence-corrected chi connectivity index (χ1v) is 10.8. The summed E-state index contributed by atoms with van der Waals surface area (Å²) in [6, 6.07) is 2.79. The number of halogens is 2. The summed E-state index contributed by atoms with van der Waals surface area (Å²) in [6.07, 6.45) is 0. The first-order valence-electron chi connectivity index (χ1n) is 10.8. The number of morpholine rings is 1. The predicted molar refractivity (Wildman–Crippen MR) is 119 cm³/mol. The van der Waals surface area contributed by atoms with Crippen LogP contribution in [0.15, 0.2) is 18.2 Å². The van der Waals surface area contributed by atoms with Crippen LogP contribution in [0.1, 0.15) is 27.7 Å². The number of hydrogen-bond acceptors (Lipinski definition) is 6. The minimum Gasteiger partial charge on any atom is -0.433 e. The summed E-state index contributed by atoms with van der Waals surface area (Å²) in [4.78, 5) is 40.3. The zero-order valence-electron chi connectivity index (χ0n) is 19.3. The molecule has 3 amide bonds. The normalized spacial score (nSPS) is 15.5. The van der Waals surface area contributed by atoms with Crippen LogP contribution in [0.5, 0.6) is 5.75 Å². The van der Waals surface area contributed by atoms with Crippen LogP contribution in [0.4, 0.5) is 20.2 Å². The van der Waals surface area contributed by atoms with Gasteiger partial charge in [0.15, 0.2) is 11.8 Å². The molecule has 33 heavy (non-hydrogen) atoms. The lowest BCUT2D eigenvalue weighted by atomic mass is 10.1. The Morgan fingerprint density at radius 2 is 1.85 bits per heavy atom. The molecule has 1 aliphatic heterocycles. The number of nitrogens with zero attached hydrogens (tertiary/aromatic N) is 2. The molecule has 11 heteroatoms. The van der Waals surface area contributed by atoms with Gasteiger partial charge in [0.25, 0.3) is 11.8 Å². The van der Waals surface area contributed by atoms with Crippen molar-refractivity contribution in [2.45, 2.75) is 40.3 Å². The summed E-state index contributed by atoms with van der Waals surface area (Å²) in [6.45, 7) is 5.89. The van der Waals surface area contributed by atoms with E-state index in [1.165, 1.54) is 23.1 Å². The summed E-state index contributed by atoms with van der Waals surface area (Å²) in [5.41, 5.74) is 5.81. The monoisotopic (exact) mass is 470 g/mol. The zero-order valence-corrected chi connectivity index (χ0v) is 19.3. The maximum absolute atomic E-state index is 13.0. The van der Waals surface area contributed by atoms with Gasteiger partial charge in [-0.05, 0) is 24.0 Å². The van der Waals surface area contributed by atoms with Crippen molar-refractivity contribution in [1.29, 1.82) is 0 Å². The van der Waals surface area contributed by atoms with Crippen molar-refractivity contribution in [3.8, 4) is 5.75 Å². The van der Waals surface area contributed by atoms with Crippen molar-refractivity contribution in [2.75, 3.05) is 43.1 Å². The fraction of sp³-hybridized carbons (Fsp3) is 0.591. The molecule has 0 saturated carbocycles. The van der Waals surface area contributed by atoms with Crippen molar-refractivity contribution in [1.82, 2.24) is 4.90 Å². The molecule has 0 aliphatic carbocycles. The average molecular weight is 471 g/mol. The maximum atomic E-state index is 13.0. The molecule has 0 unspecified atom stereocenters. The standard InChI is InChI=1S/C22H32F2N4O5/c1-13(2)10-27(11-14(3)4)19(20(25)30)21(31)26-15-5-6-16(17(9-15)33-22(23)24)28-7-8-32-12-18(28)29/h5-6,9,13-14,19,22H,7-8,10-12H2,1-4H3,(H2,25,30)(H,26,31)/t19-/m0/s1. The van der Waals surface area contributed by atoms with Crippen molar-refractivity contribution < 1.29 is 32.6 Å². The molecular weight excluding hydrogens is 438 g/mol. The second-order valence-corrected chi connectivity index (χ2v) is 8.69. The average Bonchev–Trinajstić information content (AvgIpc) is 2.67. The van der Waals surface area contributed by atoms with Gasteiger partial charge in [0.05, 0.1) is 12.3 Å². The number of ether oxygens (including phenoxy) is 2. The maximum Gasteiger partial charge on any atom is 0.387 e. The number of carbonyl (C=O) groups is 3. The third-order valence-electron chi connectivity index (χ3n) is 4.80. The summed E-state index contributed by atoms with van der Waals surface area (Å²) < 4.78 is 35.8. The number of benzene rings is 1. The lowest BCUT2D eigenvalue weighted by Crippen LogP contribution is -2.54. The number of primary amides is 1. The lowest BCUT2D eigenvalue weighted by Gasteiger charge is -2.31. The summed E-state index contributed by atoms with van der Waals surface area (Å²) in [5, 5.41) is 2.57. The fourth-order valence-electron chi connectivity index (χ4n) is 3.69. The molecule has 0 radical (unpaired) electrons. The predicted octanol–water partition coefficient (Wildman–Crippen LogP) is 2.06. The van der Waals surface area contributed by atoms with Gasteiger partial charge in [0, 0.05) is 31.4 Å². The quantitative estimate of drug-likeness (QED) is 0.479. The van der Waals surface area contributed by atoms with E-state index in [2.05, 4.69) is 10.1 Å². The van der Waals surface area contributed by atoms with Gasteiger partial charge in [-0.15, -0.1) is 0 Å². The van der Waals surface area contributed by atoms with Crippen LogP contribution < -0.4 is 20.7 Å². The Hall–Kier alpha value is -2.79. The van der Waals surface area contributed by atoms with Crippen molar-refractivity contribution >= 4 is 29.1 Å². The molecule has 1 heterocycles. The van der Waals surface area contributed by atoms with E-state index in [4.69, 9.17) is 10.5 Å². The summed E-state index contributed by atoms with van der Waals surface area (Å²) in [7, 11) is 0. The van der Waals surface area contributed by atoms with Crippen molar-refractivity contribution in [2.24, 2.45) is 17.6 Å². The molecule has 2 rings (SSSR count). The third kappa shape index (κ3) is 7.64. The van der Waals surface area contributed by atoms with E-state index < -0.39 is 30.4 Å². The van der Waals surface area contributed by atoms with Gasteiger partial charge in [0.1, 0.15) is 6.61 Å². The van der Waals surface area contributed by atoms with Crippen molar-refractivity contribution in [3.05, 3.63) is 18.2 Å². The Labute approximate surface area is 192 Å². The first kappa shape index (κ1) is 26.5. The number of alkyl halides is 2. The Morgan fingerprint density at radius 3 is 2.36 bits per heavy atom. The molecule has 1 aromatic rings. The van der Waals surface area contributed by atoms with Gasteiger partial charge in [0.2, 0.25) is 5.91 Å². The van der Waals surface area contributed by atoms with Crippen LogP contribution in [0.3, 0.4) is 0 Å². The van der Waals surface area contributed by atoms with Gasteiger partial charge < -0.3 is 25.4 Å². The first-order chi connectivity index (χ1) is 15.5. The smallest absolute Gasteiger partial charge is 0.387 e. The number of nitrogens with two attached hydrogens (primary N) is 1. The number of nitrogens with one attached hydrogen (secondary N) is 1. The van der Waals surface area contributed by atoms with Crippen molar-refractivity contribution in [3.63, 3.8) is 0 Å². The molecule has 1 atom stereocenters. The Kier molecular flexibility index (Phi) is 9.54. The molecule has 1 aromatic carbocycles. The van der Waals surface area contributed by atoms with Crippen LogP contribution in [0.2, 0.25) is 0 Å². The van der Waals surface area contributed by atoms with Crippen LogP contribution >= 0.6 is 0 Å². The van der Waals surface area contributed by atoms with Gasteiger partial charge in [-0.2, -0.15) is 8.78 Å². The Bertz CT molecular complexity index is 840. The van der Waals surface area contributed by atoms with E-state index >= 15 is 0 Å². The van der Waals surface area contributed by atoms with E-state index in [9.17, 15) is 23.2 Å². The molecule has 0 bridgehead atoms. The van der Waals surface area contributed by atoms with Crippen LogP contribution in [-0.4, -0.2) is 68.1 Å². The van der Waals surface area contributed by atoms with E-state index in [0.717, 1.165) is 0 Å². The van der Waals surface area contributed by atoms with Crippen LogP contribution in [0.25, 0.3) is 0 Å². The van der Waals surface area contributed by atoms with E-state index in [-0.39, 0.29) is 48.7 Å². The summed E-state index contributed by atoms with van der Waals surface area (Å²) >= 11 is 0. The van der Waals surface area contributed by atoms with E-state index in [0.29, 0.717) is 13.1 Å². The molecular formula is C22H32F2N4O5. The molecule has 1 fully saturated rings. The topological polar surface area (TPSA) is 114 Å². The minimum atomic E-state index is -3.14. The van der Waals surface area contributed by atoms with E-state index in [1.54, 1.807) is 4.90 Å². The minimum absolute atomic E-state index is 0.125. The molecule has 9 nitrogen and oxygen atoms in total. The molecule has 3 N–H and O–H groups in total. The highest BCUT2D eigenvalue weighted by atomic mass is 19.3. The number of anilines is 2. The highest BCUT2D eigenvalue weighted by molar-refractivity contribution is 6.09. The second-order valence-electron chi connectivity index (χ2n) is 8.69. The number of hydrogen-bond donors (Lipinski definition) is 2. The number of amides is 3. The SMILES string of the molecule is CC(C)CN(CC(C)C)[C@@H](C(N)=O)C(=O)Nc1ccc(N2CCOCC2=O)c(OC(F)F)c1. The molecule has 1 saturated heterocycles. The molecule has 1 aliphatic rings. The highest BCUT2D eigenvalue weighted by Gasteiger charge is 2.32. The third-order valence-corrected chi connectivity index (χ3v) is 4.80. The van der Waals surface area contributed by atoms with Gasteiger partial charge in [-0.3, -0.25) is 19.3 Å². The van der Waals surface area contributed by atoms with Gasteiger partial charge in [-0.1, -0.05) is 27.7 Å². The Morgan fingerprint density at radius 1 is 1.21 bits per heavy atom. The highest BCUT2D eigenvalue weighted by Crippen LogP contribution is 2.33. The van der Waals surface area contributed by atoms with Gasteiger partial charge >= 0.3 is 6.61 Å². The van der Waals surface area contributed by atoms with Crippen LogP contribution in [-0.2, 0) is 19.1 Å². The number of carbonyl (C=O) groups excluding carboxylic acids is 3. The molecule has 0 aromatic heterocycles. The number of rotatable bonds is 11. The lowest BCUT2D eigenvalue weighted by molar-refractivity contribution is -0.133. The fourth-order valence-corrected chi connectivity index (χ4v) is 3.69.